The van der Waals surface area contributed by atoms with Crippen molar-refractivity contribution in [1.29, 1.82) is 0 Å². The summed E-state index contributed by atoms with van der Waals surface area (Å²) in [6.45, 7) is 2.45. The molecule has 1 fully saturated rings. The van der Waals surface area contributed by atoms with Gasteiger partial charge >= 0.3 is 0 Å². The van der Waals surface area contributed by atoms with Gasteiger partial charge in [0.05, 0.1) is 10.4 Å². The molecule has 94 valence electrons. The van der Waals surface area contributed by atoms with Gasteiger partial charge in [0.15, 0.2) is 11.6 Å². The summed E-state index contributed by atoms with van der Waals surface area (Å²) in [5, 5.41) is -0.0144. The molecule has 1 saturated carbocycles. The highest BCUT2D eigenvalue weighted by Gasteiger charge is 2.42. The Hall–Kier alpha value is -0.510. The third-order valence-electron chi connectivity index (χ3n) is 2.73. The Labute approximate surface area is 110 Å². The van der Waals surface area contributed by atoms with Crippen molar-refractivity contribution in [1.82, 2.24) is 0 Å². The first kappa shape index (κ1) is 12.9. The maximum absolute atomic E-state index is 13.6. The Kier molecular flexibility index (Phi) is 4.13. The smallest absolute Gasteiger partial charge is 0.183 e. The first-order chi connectivity index (χ1) is 8.13. The molecule has 2 rings (SSSR count). The molecule has 0 aliphatic heterocycles. The van der Waals surface area contributed by atoms with Crippen LogP contribution in [0.5, 0.6) is 5.75 Å². The van der Waals surface area contributed by atoms with Crippen LogP contribution in [0, 0.1) is 5.82 Å². The largest absolute Gasteiger partial charge is 0.484 e. The van der Waals surface area contributed by atoms with E-state index >= 15 is 0 Å². The van der Waals surface area contributed by atoms with E-state index < -0.39 is 5.82 Å². The highest BCUT2D eigenvalue weighted by Crippen LogP contribution is 2.34. The molecule has 1 aliphatic carbocycles. The Morgan fingerprint density at radius 1 is 1.47 bits per heavy atom. The fourth-order valence-electron chi connectivity index (χ4n) is 1.78. The Morgan fingerprint density at radius 3 is 2.88 bits per heavy atom. The molecule has 3 atom stereocenters. The van der Waals surface area contributed by atoms with Gasteiger partial charge in [0.25, 0.3) is 0 Å². The number of rotatable bonds is 4. The molecule has 0 aromatic heterocycles. The molecule has 0 radical (unpaired) electrons. The minimum atomic E-state index is -0.539. The van der Waals surface area contributed by atoms with Crippen molar-refractivity contribution in [3.63, 3.8) is 0 Å². The lowest BCUT2D eigenvalue weighted by atomic mass is 9.91. The van der Waals surface area contributed by atoms with Gasteiger partial charge in [-0.1, -0.05) is 17.7 Å². The zero-order chi connectivity index (χ0) is 12.4. The molecule has 3 unspecified atom stereocenters. The van der Waals surface area contributed by atoms with Crippen LogP contribution in [0.15, 0.2) is 18.2 Å². The summed E-state index contributed by atoms with van der Waals surface area (Å²) in [5.74, 6) is -0.391. The molecule has 0 N–H and O–H groups in total. The van der Waals surface area contributed by atoms with E-state index in [-0.39, 0.29) is 28.4 Å². The van der Waals surface area contributed by atoms with Gasteiger partial charge in [0, 0.05) is 13.0 Å². The van der Waals surface area contributed by atoms with E-state index in [1.165, 1.54) is 6.07 Å². The summed E-state index contributed by atoms with van der Waals surface area (Å²) in [6.07, 6.45) is 0.267. The second-order valence-corrected chi connectivity index (χ2v) is 4.85. The van der Waals surface area contributed by atoms with Crippen LogP contribution in [0.3, 0.4) is 0 Å². The summed E-state index contributed by atoms with van der Waals surface area (Å²) in [6, 6.07) is 4.67. The zero-order valence-electron chi connectivity index (χ0n) is 9.33. The van der Waals surface area contributed by atoms with Gasteiger partial charge in [0.2, 0.25) is 0 Å². The van der Waals surface area contributed by atoms with Crippen LogP contribution < -0.4 is 4.74 Å². The van der Waals surface area contributed by atoms with E-state index in [0.29, 0.717) is 13.0 Å². The number of hydrogen-bond acceptors (Lipinski definition) is 2. The van der Waals surface area contributed by atoms with Crippen LogP contribution in [0.1, 0.15) is 13.3 Å². The van der Waals surface area contributed by atoms with Crippen molar-refractivity contribution >= 4 is 23.2 Å². The normalized spacial score (nSPS) is 27.6. The fraction of sp³-hybridized carbons (Fsp3) is 0.500. The average Bonchev–Trinajstić information content (AvgIpc) is 2.31. The van der Waals surface area contributed by atoms with Crippen molar-refractivity contribution in [3.05, 3.63) is 29.0 Å². The second kappa shape index (κ2) is 5.42. The lowest BCUT2D eigenvalue weighted by molar-refractivity contribution is -0.0770. The molecule has 0 saturated heterocycles. The van der Waals surface area contributed by atoms with Gasteiger partial charge in [-0.15, -0.1) is 11.6 Å². The van der Waals surface area contributed by atoms with Crippen LogP contribution in [-0.2, 0) is 4.74 Å². The van der Waals surface area contributed by atoms with Gasteiger partial charge in [-0.3, -0.25) is 0 Å². The molecular weight excluding hydrogens is 266 g/mol. The molecule has 0 amide bonds. The van der Waals surface area contributed by atoms with Gasteiger partial charge < -0.3 is 9.47 Å². The number of ether oxygens (including phenoxy) is 2. The predicted molar refractivity (Wildman–Crippen MR) is 65.5 cm³/mol. The van der Waals surface area contributed by atoms with Crippen LogP contribution in [0.4, 0.5) is 4.39 Å². The summed E-state index contributed by atoms with van der Waals surface area (Å²) in [5.41, 5.74) is 0. The Morgan fingerprint density at radius 2 is 2.24 bits per heavy atom. The van der Waals surface area contributed by atoms with Crippen molar-refractivity contribution in [2.45, 2.75) is 30.9 Å². The van der Waals surface area contributed by atoms with Gasteiger partial charge in [-0.2, -0.15) is 0 Å². The van der Waals surface area contributed by atoms with Crippen LogP contribution >= 0.6 is 23.2 Å². The first-order valence-electron chi connectivity index (χ1n) is 5.49. The van der Waals surface area contributed by atoms with E-state index in [4.69, 9.17) is 32.7 Å². The highest BCUT2D eigenvalue weighted by molar-refractivity contribution is 6.30. The SMILES string of the molecule is CCOC1C(Cl)CC1Oc1cccc(Cl)c1F. The molecular formula is C12H13Cl2FO2. The first-order valence-corrected chi connectivity index (χ1v) is 6.31. The maximum Gasteiger partial charge on any atom is 0.183 e. The third kappa shape index (κ3) is 2.67. The van der Waals surface area contributed by atoms with Gasteiger partial charge in [-0.25, -0.2) is 4.39 Å². The molecule has 0 spiro atoms. The maximum atomic E-state index is 13.6. The molecule has 1 aromatic rings. The summed E-state index contributed by atoms with van der Waals surface area (Å²) in [7, 11) is 0. The van der Waals surface area contributed by atoms with E-state index in [1.54, 1.807) is 12.1 Å². The molecule has 17 heavy (non-hydrogen) atoms. The zero-order valence-corrected chi connectivity index (χ0v) is 10.8. The summed E-state index contributed by atoms with van der Waals surface area (Å²) in [4.78, 5) is 0. The van der Waals surface area contributed by atoms with E-state index in [1.807, 2.05) is 6.92 Å². The van der Waals surface area contributed by atoms with E-state index in [2.05, 4.69) is 0 Å². The van der Waals surface area contributed by atoms with E-state index in [0.717, 1.165) is 0 Å². The standard InChI is InChI=1S/C12H13Cl2FO2/c1-2-16-12-8(14)6-10(12)17-9-5-3-4-7(13)11(9)15/h3-5,8,10,12H,2,6H2,1H3. The molecule has 5 heteroatoms. The van der Waals surface area contributed by atoms with Crippen molar-refractivity contribution in [2.24, 2.45) is 0 Å². The minimum absolute atomic E-state index is 0.0530. The summed E-state index contributed by atoms with van der Waals surface area (Å²) < 4.78 is 24.6. The monoisotopic (exact) mass is 278 g/mol. The minimum Gasteiger partial charge on any atom is -0.484 e. The highest BCUT2D eigenvalue weighted by atomic mass is 35.5. The lowest BCUT2D eigenvalue weighted by Crippen LogP contribution is -2.52. The van der Waals surface area contributed by atoms with Crippen molar-refractivity contribution in [2.75, 3.05) is 6.61 Å². The lowest BCUT2D eigenvalue weighted by Gasteiger charge is -2.40. The molecule has 2 nitrogen and oxygen atoms in total. The van der Waals surface area contributed by atoms with Crippen molar-refractivity contribution in [3.8, 4) is 5.75 Å². The quantitative estimate of drug-likeness (QED) is 0.783. The third-order valence-corrected chi connectivity index (χ3v) is 3.45. The van der Waals surface area contributed by atoms with Crippen LogP contribution in [-0.4, -0.2) is 24.2 Å². The molecule has 1 aliphatic rings. The Balaban J connectivity index is 2.04. The average molecular weight is 279 g/mol. The molecule has 0 heterocycles. The Bertz CT molecular complexity index is 400. The second-order valence-electron chi connectivity index (χ2n) is 3.88. The van der Waals surface area contributed by atoms with Crippen LogP contribution in [0.25, 0.3) is 0 Å². The topological polar surface area (TPSA) is 18.5 Å². The number of alkyl halides is 1. The number of hydrogen-bond donors (Lipinski definition) is 0. The van der Waals surface area contributed by atoms with Gasteiger partial charge in [0.1, 0.15) is 12.2 Å². The number of halogens is 3. The number of benzene rings is 1. The summed E-state index contributed by atoms with van der Waals surface area (Å²) >= 11 is 11.7. The van der Waals surface area contributed by atoms with Crippen LogP contribution in [0.2, 0.25) is 5.02 Å². The van der Waals surface area contributed by atoms with Gasteiger partial charge in [-0.05, 0) is 19.1 Å². The fourth-order valence-corrected chi connectivity index (χ4v) is 2.36. The predicted octanol–water partition coefficient (Wildman–Crippen LogP) is 3.64. The molecule has 0 bridgehead atoms. The van der Waals surface area contributed by atoms with Crippen molar-refractivity contribution < 1.29 is 13.9 Å². The molecule has 1 aromatic carbocycles. The van der Waals surface area contributed by atoms with E-state index in [9.17, 15) is 4.39 Å².